The topological polar surface area (TPSA) is 108 Å². The summed E-state index contributed by atoms with van der Waals surface area (Å²) in [5.41, 5.74) is 4.81. The molecule has 216 valence electrons. The lowest BCUT2D eigenvalue weighted by atomic mass is 10.1. The molecule has 3 aliphatic rings. The maximum absolute atomic E-state index is 13.2. The minimum Gasteiger partial charge on any atom is -0.364 e. The van der Waals surface area contributed by atoms with Crippen molar-refractivity contribution in [1.29, 1.82) is 0 Å². The summed E-state index contributed by atoms with van der Waals surface area (Å²) in [6, 6.07) is 11.5. The average Bonchev–Trinajstić information content (AvgIpc) is 3.89. The molecule has 0 radical (unpaired) electrons. The maximum atomic E-state index is 13.2. The van der Waals surface area contributed by atoms with Crippen molar-refractivity contribution in [3.63, 3.8) is 0 Å². The summed E-state index contributed by atoms with van der Waals surface area (Å²) >= 11 is 6.12. The van der Waals surface area contributed by atoms with Gasteiger partial charge in [0.25, 0.3) is 0 Å². The van der Waals surface area contributed by atoms with Crippen LogP contribution in [0.4, 0.5) is 17.3 Å². The number of carbonyl (C=O) groups excluding carboxylic acids is 2. The van der Waals surface area contributed by atoms with Crippen LogP contribution in [0.2, 0.25) is 5.02 Å². The highest BCUT2D eigenvalue weighted by Gasteiger charge is 2.44. The highest BCUT2D eigenvalue weighted by molar-refractivity contribution is 6.30. The molecule has 3 aromatic heterocycles. The first-order valence-corrected chi connectivity index (χ1v) is 14.8. The van der Waals surface area contributed by atoms with Crippen LogP contribution in [-0.4, -0.2) is 62.7 Å². The first kappa shape index (κ1) is 26.9. The van der Waals surface area contributed by atoms with Crippen molar-refractivity contribution < 1.29 is 9.59 Å². The molecule has 2 amide bonds. The number of benzene rings is 1. The van der Waals surface area contributed by atoms with Gasteiger partial charge in [-0.15, -0.1) is 0 Å². The monoisotopic (exact) mass is 584 g/mol. The lowest BCUT2D eigenvalue weighted by Crippen LogP contribution is -2.37. The molecule has 7 rings (SSSR count). The van der Waals surface area contributed by atoms with Crippen molar-refractivity contribution in [2.75, 3.05) is 36.2 Å². The molecule has 2 aliphatic carbocycles. The van der Waals surface area contributed by atoms with Crippen LogP contribution < -0.4 is 15.5 Å². The zero-order valence-electron chi connectivity index (χ0n) is 23.6. The standard InChI is InChI=1S/C31H33ClN8O2/c1-38(2)25-8-9-40(31(25)42)26-11-20(18-6-7-18)15-39-16-22(36-29(26)39)14-33-27-13-28(35-17-34-27)37-30(41)24-12-23(24)19-4-3-5-21(32)10-19/h3-5,10-11,13,15-18,23-25H,6-9,12,14H2,1-2H3,(H2,33,34,35,37,41)/t23-,24+,25?/m1/s1. The molecule has 42 heavy (non-hydrogen) atoms. The number of nitrogens with zero attached hydrogens (tertiary/aromatic N) is 6. The van der Waals surface area contributed by atoms with Crippen molar-refractivity contribution in [2.45, 2.75) is 50.1 Å². The predicted octanol–water partition coefficient (Wildman–Crippen LogP) is 4.68. The van der Waals surface area contributed by atoms with E-state index in [0.717, 1.165) is 35.4 Å². The first-order valence-electron chi connectivity index (χ1n) is 14.5. The van der Waals surface area contributed by atoms with Gasteiger partial charge in [-0.2, -0.15) is 0 Å². The summed E-state index contributed by atoms with van der Waals surface area (Å²) in [7, 11) is 3.91. The van der Waals surface area contributed by atoms with Crippen molar-refractivity contribution >= 4 is 46.4 Å². The Bertz CT molecular complexity index is 1680. The van der Waals surface area contributed by atoms with Crippen LogP contribution in [0.15, 0.2) is 55.1 Å². The molecular formula is C31H33ClN8O2. The predicted molar refractivity (Wildman–Crippen MR) is 162 cm³/mol. The van der Waals surface area contributed by atoms with E-state index in [1.54, 1.807) is 6.07 Å². The van der Waals surface area contributed by atoms with E-state index in [-0.39, 0.29) is 29.7 Å². The molecule has 10 nitrogen and oxygen atoms in total. The zero-order chi connectivity index (χ0) is 29.0. The van der Waals surface area contributed by atoms with E-state index in [1.165, 1.54) is 24.7 Å². The van der Waals surface area contributed by atoms with Gasteiger partial charge in [0.2, 0.25) is 11.8 Å². The van der Waals surface area contributed by atoms with E-state index < -0.39 is 0 Å². The number of nitrogens with one attached hydrogen (secondary N) is 2. The molecule has 1 aliphatic heterocycles. The number of imidazole rings is 1. The number of amides is 2. The Labute approximate surface area is 249 Å². The first-order chi connectivity index (χ1) is 20.3. The minimum absolute atomic E-state index is 0.0584. The van der Waals surface area contributed by atoms with E-state index in [4.69, 9.17) is 16.6 Å². The minimum atomic E-state index is -0.110. The number of likely N-dealkylation sites (N-methyl/N-ethyl adjacent to an activating group) is 1. The third-order valence-corrected chi connectivity index (χ3v) is 8.75. The number of carbonyl (C=O) groups is 2. The zero-order valence-corrected chi connectivity index (χ0v) is 24.4. The van der Waals surface area contributed by atoms with Crippen molar-refractivity contribution in [3.8, 4) is 0 Å². The normalized spacial score (nSPS) is 21.8. The molecule has 2 N–H and O–H groups in total. The van der Waals surface area contributed by atoms with E-state index in [0.29, 0.717) is 35.7 Å². The highest BCUT2D eigenvalue weighted by Crippen LogP contribution is 2.48. The number of anilines is 3. The fourth-order valence-electron chi connectivity index (χ4n) is 5.97. The van der Waals surface area contributed by atoms with Crippen LogP contribution >= 0.6 is 11.6 Å². The fourth-order valence-corrected chi connectivity index (χ4v) is 6.17. The molecule has 1 saturated heterocycles. The number of rotatable bonds is 9. The number of hydrogen-bond acceptors (Lipinski definition) is 7. The molecule has 1 unspecified atom stereocenters. The summed E-state index contributed by atoms with van der Waals surface area (Å²) in [6.07, 6.45) is 9.53. The molecule has 11 heteroatoms. The van der Waals surface area contributed by atoms with Crippen LogP contribution in [0.25, 0.3) is 5.65 Å². The van der Waals surface area contributed by atoms with Crippen LogP contribution in [-0.2, 0) is 16.1 Å². The van der Waals surface area contributed by atoms with Gasteiger partial charge in [0.1, 0.15) is 18.0 Å². The van der Waals surface area contributed by atoms with Gasteiger partial charge in [-0.1, -0.05) is 23.7 Å². The summed E-state index contributed by atoms with van der Waals surface area (Å²) in [5.74, 6) is 1.72. The highest BCUT2D eigenvalue weighted by atomic mass is 35.5. The smallest absolute Gasteiger partial charge is 0.244 e. The molecule has 3 fully saturated rings. The third kappa shape index (κ3) is 5.32. The second-order valence-electron chi connectivity index (χ2n) is 11.8. The van der Waals surface area contributed by atoms with Crippen molar-refractivity contribution in [1.82, 2.24) is 24.3 Å². The van der Waals surface area contributed by atoms with E-state index in [2.05, 4.69) is 32.9 Å². The van der Waals surface area contributed by atoms with Crippen molar-refractivity contribution in [2.24, 2.45) is 5.92 Å². The Morgan fingerprint density at radius 3 is 2.67 bits per heavy atom. The fraction of sp³-hybridized carbons (Fsp3) is 0.387. The number of fused-ring (bicyclic) bond motifs is 1. The Morgan fingerprint density at radius 2 is 1.90 bits per heavy atom. The molecule has 0 spiro atoms. The Kier molecular flexibility index (Phi) is 6.82. The Hall–Kier alpha value is -4.02. The Morgan fingerprint density at radius 1 is 1.07 bits per heavy atom. The number of halogens is 1. The van der Waals surface area contributed by atoms with Gasteiger partial charge in [-0.3, -0.25) is 14.5 Å². The average molecular weight is 585 g/mol. The molecule has 0 bridgehead atoms. The molecule has 3 atom stereocenters. The summed E-state index contributed by atoms with van der Waals surface area (Å²) in [5, 5.41) is 6.92. The molecule has 4 aromatic rings. The summed E-state index contributed by atoms with van der Waals surface area (Å²) in [4.78, 5) is 43.5. The van der Waals surface area contributed by atoms with Crippen LogP contribution in [0.3, 0.4) is 0 Å². The van der Waals surface area contributed by atoms with Gasteiger partial charge in [-0.25, -0.2) is 15.0 Å². The van der Waals surface area contributed by atoms with Gasteiger partial charge in [0.05, 0.1) is 24.0 Å². The van der Waals surface area contributed by atoms with Crippen molar-refractivity contribution in [3.05, 3.63) is 77.0 Å². The SMILES string of the molecule is CN(C)C1CCN(c2cc(C3CC3)cn3cc(CNc4cc(NC(=O)[C@H]5C[C@@H]5c5cccc(Cl)c5)ncn4)nc23)C1=O. The van der Waals surface area contributed by atoms with Gasteiger partial charge < -0.3 is 19.9 Å². The molecular weight excluding hydrogens is 552 g/mol. The molecule has 1 aromatic carbocycles. The lowest BCUT2D eigenvalue weighted by molar-refractivity contribution is -0.121. The van der Waals surface area contributed by atoms with Gasteiger partial charge in [0, 0.05) is 35.9 Å². The van der Waals surface area contributed by atoms with E-state index in [9.17, 15) is 9.59 Å². The second kappa shape index (κ2) is 10.7. The quantitative estimate of drug-likeness (QED) is 0.294. The second-order valence-corrected chi connectivity index (χ2v) is 12.2. The van der Waals surface area contributed by atoms with Crippen LogP contribution in [0.5, 0.6) is 0 Å². The van der Waals surface area contributed by atoms with E-state index in [1.807, 2.05) is 58.8 Å². The number of pyridine rings is 1. The summed E-state index contributed by atoms with van der Waals surface area (Å²) in [6.45, 7) is 1.11. The lowest BCUT2D eigenvalue weighted by Gasteiger charge is -2.21. The number of aromatic nitrogens is 4. The van der Waals surface area contributed by atoms with Gasteiger partial charge >= 0.3 is 0 Å². The largest absolute Gasteiger partial charge is 0.364 e. The van der Waals surface area contributed by atoms with Gasteiger partial charge in [-0.05, 0) is 80.9 Å². The maximum Gasteiger partial charge on any atom is 0.244 e. The molecule has 2 saturated carbocycles. The van der Waals surface area contributed by atoms with E-state index >= 15 is 0 Å². The molecule has 4 heterocycles. The van der Waals surface area contributed by atoms with Crippen LogP contribution in [0, 0.1) is 5.92 Å². The van der Waals surface area contributed by atoms with Crippen LogP contribution in [0.1, 0.15) is 54.3 Å². The third-order valence-electron chi connectivity index (χ3n) is 8.52. The number of hydrogen-bond donors (Lipinski definition) is 2. The Balaban J connectivity index is 1.04. The van der Waals surface area contributed by atoms with Gasteiger partial charge in [0.15, 0.2) is 5.65 Å². The summed E-state index contributed by atoms with van der Waals surface area (Å²) < 4.78 is 2.05.